The van der Waals surface area contributed by atoms with Crippen molar-refractivity contribution in [3.05, 3.63) is 56.1 Å². The molecule has 0 fully saturated rings. The molecule has 0 radical (unpaired) electrons. The van der Waals surface area contributed by atoms with E-state index in [1.807, 2.05) is 42.5 Å². The minimum Gasteiger partial charge on any atom is -0.488 e. The van der Waals surface area contributed by atoms with Gasteiger partial charge in [-0.2, -0.15) is 0 Å². The zero-order valence-electron chi connectivity index (χ0n) is 8.99. The van der Waals surface area contributed by atoms with Gasteiger partial charge in [0.2, 0.25) is 0 Å². The van der Waals surface area contributed by atoms with Gasteiger partial charge in [-0.3, -0.25) is 0 Å². The second-order valence-corrected chi connectivity index (χ2v) is 5.64. The van der Waals surface area contributed by atoms with Crippen LogP contribution in [-0.4, -0.2) is 0 Å². The number of anilines is 1. The Hall–Kier alpha value is -0.750. The lowest BCUT2D eigenvalue weighted by Crippen LogP contribution is -2.00. The molecular weight excluding hydrogens is 393 g/mol. The van der Waals surface area contributed by atoms with E-state index in [-0.39, 0.29) is 0 Å². The summed E-state index contributed by atoms with van der Waals surface area (Å²) in [4.78, 5) is 0. The fraction of sp³-hybridized carbons (Fsp3) is 0.0769. The summed E-state index contributed by atoms with van der Waals surface area (Å²) in [6.45, 7) is 0.485. The van der Waals surface area contributed by atoms with E-state index in [9.17, 15) is 0 Å². The normalized spacial score (nSPS) is 10.2. The summed E-state index contributed by atoms with van der Waals surface area (Å²) in [6.07, 6.45) is 0. The second-order valence-electron chi connectivity index (χ2n) is 3.56. The van der Waals surface area contributed by atoms with E-state index in [1.54, 1.807) is 0 Å². The summed E-state index contributed by atoms with van der Waals surface area (Å²) in [5.74, 6) is 0.885. The van der Waals surface area contributed by atoms with Crippen LogP contribution < -0.4 is 10.5 Å². The molecule has 2 rings (SSSR count). The molecule has 0 aromatic heterocycles. The van der Waals surface area contributed by atoms with Gasteiger partial charge in [0.15, 0.2) is 0 Å². The monoisotopic (exact) mass is 403 g/mol. The van der Waals surface area contributed by atoms with Crippen molar-refractivity contribution in [1.82, 2.24) is 0 Å². The Bertz CT molecular complexity index is 531. The van der Waals surface area contributed by atoms with Gasteiger partial charge in [-0.15, -0.1) is 0 Å². The Kier molecular flexibility index (Phi) is 4.28. The van der Waals surface area contributed by atoms with E-state index in [0.29, 0.717) is 6.61 Å². The highest BCUT2D eigenvalue weighted by Gasteiger charge is 2.03. The number of rotatable bonds is 3. The topological polar surface area (TPSA) is 35.2 Å². The van der Waals surface area contributed by atoms with Crippen LogP contribution in [0.1, 0.15) is 5.56 Å². The Balaban J connectivity index is 2.10. The van der Waals surface area contributed by atoms with Gasteiger partial charge in [-0.1, -0.05) is 34.1 Å². The molecule has 88 valence electrons. The van der Waals surface area contributed by atoms with Crippen LogP contribution in [0.4, 0.5) is 5.69 Å². The number of ether oxygens (including phenoxy) is 1. The first-order valence-electron chi connectivity index (χ1n) is 5.08. The van der Waals surface area contributed by atoms with Gasteiger partial charge < -0.3 is 10.5 Å². The molecule has 0 aliphatic carbocycles. The van der Waals surface area contributed by atoms with Gasteiger partial charge >= 0.3 is 0 Å². The summed E-state index contributed by atoms with van der Waals surface area (Å²) < 4.78 is 7.82. The zero-order valence-corrected chi connectivity index (χ0v) is 12.7. The number of hydrogen-bond acceptors (Lipinski definition) is 2. The van der Waals surface area contributed by atoms with Crippen LogP contribution in [0, 0.1) is 3.57 Å². The van der Waals surface area contributed by atoms with Crippen LogP contribution in [0.3, 0.4) is 0 Å². The Labute approximate surface area is 122 Å². The van der Waals surface area contributed by atoms with E-state index in [2.05, 4.69) is 38.5 Å². The molecule has 2 aromatic carbocycles. The molecule has 0 saturated carbocycles. The zero-order chi connectivity index (χ0) is 12.3. The second kappa shape index (κ2) is 5.73. The largest absolute Gasteiger partial charge is 0.488 e. The molecule has 0 saturated heterocycles. The lowest BCUT2D eigenvalue weighted by atomic mass is 10.2. The van der Waals surface area contributed by atoms with Crippen LogP contribution in [0.25, 0.3) is 0 Å². The van der Waals surface area contributed by atoms with Crippen molar-refractivity contribution in [1.29, 1.82) is 0 Å². The van der Waals surface area contributed by atoms with Crippen molar-refractivity contribution in [3.8, 4) is 5.75 Å². The Morgan fingerprint density at radius 1 is 1.18 bits per heavy atom. The summed E-state index contributed by atoms with van der Waals surface area (Å²) in [5, 5.41) is 0. The summed E-state index contributed by atoms with van der Waals surface area (Å²) in [6, 6.07) is 13.7. The van der Waals surface area contributed by atoms with Crippen molar-refractivity contribution in [2.75, 3.05) is 5.73 Å². The lowest BCUT2D eigenvalue weighted by Gasteiger charge is -2.10. The van der Waals surface area contributed by atoms with Crippen molar-refractivity contribution in [2.45, 2.75) is 6.61 Å². The molecule has 0 aliphatic rings. The average Bonchev–Trinajstić information content (AvgIpc) is 2.30. The highest BCUT2D eigenvalue weighted by molar-refractivity contribution is 14.1. The third-order valence-electron chi connectivity index (χ3n) is 2.33. The van der Waals surface area contributed by atoms with Gasteiger partial charge in [-0.05, 0) is 46.9 Å². The molecule has 2 N–H and O–H groups in total. The van der Waals surface area contributed by atoms with Crippen LogP contribution in [0.5, 0.6) is 5.75 Å². The molecule has 0 atom stereocenters. The van der Waals surface area contributed by atoms with Crippen LogP contribution in [0.15, 0.2) is 46.9 Å². The summed E-state index contributed by atoms with van der Waals surface area (Å²) in [5.41, 5.74) is 7.65. The van der Waals surface area contributed by atoms with Crippen molar-refractivity contribution < 1.29 is 4.74 Å². The lowest BCUT2D eigenvalue weighted by molar-refractivity contribution is 0.304. The first kappa shape index (κ1) is 12.7. The SMILES string of the molecule is Nc1cc(Br)ccc1COc1ccccc1I. The number of nitrogen functional groups attached to an aromatic ring is 1. The highest BCUT2D eigenvalue weighted by Crippen LogP contribution is 2.23. The molecule has 2 nitrogen and oxygen atoms in total. The van der Waals surface area contributed by atoms with Crippen LogP contribution in [0.2, 0.25) is 0 Å². The predicted molar refractivity (Wildman–Crippen MR) is 82.0 cm³/mol. The summed E-state index contributed by atoms with van der Waals surface area (Å²) >= 11 is 5.64. The average molecular weight is 404 g/mol. The molecule has 0 unspecified atom stereocenters. The van der Waals surface area contributed by atoms with E-state index < -0.39 is 0 Å². The van der Waals surface area contributed by atoms with Gasteiger partial charge in [0.05, 0.1) is 3.57 Å². The van der Waals surface area contributed by atoms with Crippen molar-refractivity contribution in [3.63, 3.8) is 0 Å². The minimum absolute atomic E-state index is 0.485. The number of hydrogen-bond donors (Lipinski definition) is 1. The molecule has 0 heterocycles. The molecule has 0 amide bonds. The first-order chi connectivity index (χ1) is 8.16. The third-order valence-corrected chi connectivity index (χ3v) is 3.71. The third kappa shape index (κ3) is 3.35. The number of nitrogens with two attached hydrogens (primary N) is 1. The molecule has 4 heteroatoms. The van der Waals surface area contributed by atoms with E-state index >= 15 is 0 Å². The number of benzene rings is 2. The van der Waals surface area contributed by atoms with Crippen molar-refractivity contribution in [2.24, 2.45) is 0 Å². The van der Waals surface area contributed by atoms with Crippen molar-refractivity contribution >= 4 is 44.2 Å². The fourth-order valence-electron chi connectivity index (χ4n) is 1.41. The first-order valence-corrected chi connectivity index (χ1v) is 6.95. The van der Waals surface area contributed by atoms with E-state index in [4.69, 9.17) is 10.5 Å². The summed E-state index contributed by atoms with van der Waals surface area (Å²) in [7, 11) is 0. The smallest absolute Gasteiger partial charge is 0.133 e. The number of para-hydroxylation sites is 1. The van der Waals surface area contributed by atoms with Crippen LogP contribution >= 0.6 is 38.5 Å². The number of halogens is 2. The van der Waals surface area contributed by atoms with E-state index in [0.717, 1.165) is 25.0 Å². The molecule has 2 aromatic rings. The maximum absolute atomic E-state index is 5.91. The molecule has 0 bridgehead atoms. The van der Waals surface area contributed by atoms with Crippen LogP contribution in [-0.2, 0) is 6.61 Å². The van der Waals surface area contributed by atoms with Gasteiger partial charge in [0.1, 0.15) is 12.4 Å². The van der Waals surface area contributed by atoms with Gasteiger partial charge in [0.25, 0.3) is 0 Å². The molecule has 17 heavy (non-hydrogen) atoms. The standard InChI is InChI=1S/C13H11BrINO/c14-10-6-5-9(12(16)7-10)8-17-13-4-2-1-3-11(13)15/h1-7H,8,16H2. The predicted octanol–water partition coefficient (Wildman–Crippen LogP) is 4.21. The van der Waals surface area contributed by atoms with Gasteiger partial charge in [0, 0.05) is 15.7 Å². The fourth-order valence-corrected chi connectivity index (χ4v) is 2.34. The van der Waals surface area contributed by atoms with Gasteiger partial charge in [-0.25, -0.2) is 0 Å². The highest BCUT2D eigenvalue weighted by atomic mass is 127. The Morgan fingerprint density at radius 3 is 2.65 bits per heavy atom. The molecular formula is C13H11BrINO. The van der Waals surface area contributed by atoms with E-state index in [1.165, 1.54) is 0 Å². The molecule has 0 aliphatic heterocycles. The molecule has 0 spiro atoms. The maximum Gasteiger partial charge on any atom is 0.133 e. The quantitative estimate of drug-likeness (QED) is 0.615. The maximum atomic E-state index is 5.91. The minimum atomic E-state index is 0.485. The Morgan fingerprint density at radius 2 is 1.94 bits per heavy atom.